The molecule has 1 unspecified atom stereocenters. The number of urea groups is 1. The number of aromatic nitrogens is 2. The Kier molecular flexibility index (Phi) is 8.58. The number of carbonyl (C=O) groups excluding carboxylic acids is 1. The lowest BCUT2D eigenvalue weighted by atomic mass is 10.1. The number of ether oxygens (including phenoxy) is 2. The molecule has 0 aliphatic rings. The van der Waals surface area contributed by atoms with Crippen molar-refractivity contribution in [3.8, 4) is 11.4 Å². The van der Waals surface area contributed by atoms with Gasteiger partial charge < -0.3 is 19.7 Å². The highest BCUT2D eigenvalue weighted by Gasteiger charge is 2.29. The van der Waals surface area contributed by atoms with E-state index in [0.29, 0.717) is 53.4 Å². The van der Waals surface area contributed by atoms with Gasteiger partial charge >= 0.3 is 6.03 Å². The van der Waals surface area contributed by atoms with E-state index in [0.717, 1.165) is 4.47 Å². The Morgan fingerprint density at radius 3 is 2.41 bits per heavy atom. The fourth-order valence-electron chi connectivity index (χ4n) is 4.21. The molecule has 0 saturated heterocycles. The molecule has 4 rings (SSSR count). The van der Waals surface area contributed by atoms with E-state index in [2.05, 4.69) is 21.2 Å². The molecule has 0 bridgehead atoms. The number of halogens is 1. The van der Waals surface area contributed by atoms with Gasteiger partial charge in [0.05, 0.1) is 36.3 Å². The Morgan fingerprint density at radius 1 is 1.05 bits per heavy atom. The molecular weight excluding hydrogens is 536 g/mol. The van der Waals surface area contributed by atoms with Crippen LogP contribution in [-0.2, 0) is 4.74 Å². The Morgan fingerprint density at radius 2 is 1.76 bits per heavy atom. The lowest BCUT2D eigenvalue weighted by molar-refractivity contribution is 0.131. The van der Waals surface area contributed by atoms with Crippen LogP contribution in [0.3, 0.4) is 0 Å². The molecule has 3 aromatic carbocycles. The Labute approximate surface area is 224 Å². The Balaban J connectivity index is 1.85. The number of benzene rings is 3. The third-order valence-electron chi connectivity index (χ3n) is 6.09. The van der Waals surface area contributed by atoms with Gasteiger partial charge in [0, 0.05) is 23.8 Å². The minimum atomic E-state index is -0.509. The SMILES string of the molecule is CCC(c1nc2ccccc2c(=O)n1-c1ccc(OC)cc1)N(CCOC)C(=O)Nc1ccc(Br)cc1. The first-order valence-electron chi connectivity index (χ1n) is 11.9. The van der Waals surface area contributed by atoms with E-state index in [1.165, 1.54) is 0 Å². The van der Waals surface area contributed by atoms with E-state index >= 15 is 0 Å². The Hall–Kier alpha value is -3.69. The molecule has 37 heavy (non-hydrogen) atoms. The number of hydrogen-bond donors (Lipinski definition) is 1. The van der Waals surface area contributed by atoms with Crippen LogP contribution in [0.25, 0.3) is 16.6 Å². The first-order chi connectivity index (χ1) is 18.0. The van der Waals surface area contributed by atoms with Crippen molar-refractivity contribution in [3.05, 3.63) is 93.4 Å². The van der Waals surface area contributed by atoms with Crippen LogP contribution in [0.5, 0.6) is 5.75 Å². The average molecular weight is 565 g/mol. The van der Waals surface area contributed by atoms with Crippen LogP contribution in [0.1, 0.15) is 25.2 Å². The third-order valence-corrected chi connectivity index (χ3v) is 6.61. The van der Waals surface area contributed by atoms with E-state index in [1.807, 2.05) is 61.5 Å². The standard InChI is InChI=1S/C28H29BrN4O4/c1-4-25(32(17-18-36-2)28(35)30-20-11-9-19(29)10-12-20)26-31-24-8-6-5-7-23(24)27(34)33(26)21-13-15-22(37-3)16-14-21/h5-16,25H,4,17-18H2,1-3H3,(H,30,35). The van der Waals surface area contributed by atoms with Crippen molar-refractivity contribution in [2.75, 3.05) is 32.7 Å². The monoisotopic (exact) mass is 564 g/mol. The molecule has 9 heteroatoms. The summed E-state index contributed by atoms with van der Waals surface area (Å²) in [7, 11) is 3.18. The zero-order valence-electron chi connectivity index (χ0n) is 21.0. The second-order valence-electron chi connectivity index (χ2n) is 8.37. The normalized spacial score (nSPS) is 11.8. The predicted octanol–water partition coefficient (Wildman–Crippen LogP) is 5.79. The zero-order chi connectivity index (χ0) is 26.4. The van der Waals surface area contributed by atoms with E-state index in [1.54, 1.807) is 41.9 Å². The van der Waals surface area contributed by atoms with Gasteiger partial charge in [0.2, 0.25) is 0 Å². The van der Waals surface area contributed by atoms with Crippen molar-refractivity contribution in [1.29, 1.82) is 0 Å². The van der Waals surface area contributed by atoms with Crippen molar-refractivity contribution in [3.63, 3.8) is 0 Å². The van der Waals surface area contributed by atoms with Gasteiger partial charge in [-0.25, -0.2) is 9.78 Å². The van der Waals surface area contributed by atoms with Gasteiger partial charge in [-0.1, -0.05) is 35.0 Å². The van der Waals surface area contributed by atoms with Gasteiger partial charge in [-0.15, -0.1) is 0 Å². The number of nitrogens with one attached hydrogen (secondary N) is 1. The van der Waals surface area contributed by atoms with Crippen LogP contribution >= 0.6 is 15.9 Å². The molecule has 0 saturated carbocycles. The molecule has 8 nitrogen and oxygen atoms in total. The number of carbonyl (C=O) groups is 1. The first-order valence-corrected chi connectivity index (χ1v) is 12.7. The molecule has 192 valence electrons. The van der Waals surface area contributed by atoms with Crippen molar-refractivity contribution in [2.24, 2.45) is 0 Å². The number of rotatable bonds is 9. The molecule has 0 aliphatic carbocycles. The minimum absolute atomic E-state index is 0.204. The van der Waals surface area contributed by atoms with Gasteiger partial charge in [-0.3, -0.25) is 9.36 Å². The molecular formula is C28H29BrN4O4. The molecule has 0 aliphatic heterocycles. The molecule has 0 spiro atoms. The molecule has 0 fully saturated rings. The lowest BCUT2D eigenvalue weighted by Crippen LogP contribution is -2.42. The fraction of sp³-hybridized carbons (Fsp3) is 0.250. The van der Waals surface area contributed by atoms with E-state index in [9.17, 15) is 9.59 Å². The maximum Gasteiger partial charge on any atom is 0.322 e. The Bertz CT molecular complexity index is 1420. The quantitative estimate of drug-likeness (QED) is 0.278. The molecule has 1 atom stereocenters. The summed E-state index contributed by atoms with van der Waals surface area (Å²) in [5, 5.41) is 3.47. The van der Waals surface area contributed by atoms with Gasteiger partial charge in [-0.2, -0.15) is 0 Å². The summed E-state index contributed by atoms with van der Waals surface area (Å²) in [4.78, 5) is 34.0. The average Bonchev–Trinajstić information content (AvgIpc) is 2.92. The molecule has 2 amide bonds. The smallest absolute Gasteiger partial charge is 0.322 e. The maximum absolute atomic E-state index is 13.8. The first kappa shape index (κ1) is 26.4. The van der Waals surface area contributed by atoms with Crippen LogP contribution in [0, 0.1) is 0 Å². The second kappa shape index (κ2) is 12.0. The maximum atomic E-state index is 13.8. The van der Waals surface area contributed by atoms with Crippen LogP contribution in [-0.4, -0.2) is 47.9 Å². The molecule has 1 aromatic heterocycles. The van der Waals surface area contributed by atoms with Crippen molar-refractivity contribution in [2.45, 2.75) is 19.4 Å². The van der Waals surface area contributed by atoms with E-state index in [4.69, 9.17) is 14.5 Å². The number of fused-ring (bicyclic) bond motifs is 1. The summed E-state index contributed by atoms with van der Waals surface area (Å²) < 4.78 is 13.1. The van der Waals surface area contributed by atoms with Crippen molar-refractivity contribution < 1.29 is 14.3 Å². The number of methoxy groups -OCH3 is 2. The molecule has 4 aromatic rings. The minimum Gasteiger partial charge on any atom is -0.497 e. The number of nitrogens with zero attached hydrogens (tertiary/aromatic N) is 3. The molecule has 0 radical (unpaired) electrons. The van der Waals surface area contributed by atoms with Crippen LogP contribution in [0.4, 0.5) is 10.5 Å². The second-order valence-corrected chi connectivity index (χ2v) is 9.29. The molecule has 1 N–H and O–H groups in total. The van der Waals surface area contributed by atoms with Crippen LogP contribution < -0.4 is 15.6 Å². The summed E-state index contributed by atoms with van der Waals surface area (Å²) in [6, 6.07) is 21.0. The highest BCUT2D eigenvalue weighted by atomic mass is 79.9. The summed E-state index contributed by atoms with van der Waals surface area (Å²) >= 11 is 3.42. The number of amides is 2. The summed E-state index contributed by atoms with van der Waals surface area (Å²) in [5.74, 6) is 1.15. The highest BCUT2D eigenvalue weighted by Crippen LogP contribution is 2.27. The summed E-state index contributed by atoms with van der Waals surface area (Å²) in [6.45, 7) is 2.60. The number of para-hydroxylation sites is 1. The van der Waals surface area contributed by atoms with Gasteiger partial charge in [0.25, 0.3) is 5.56 Å². The lowest BCUT2D eigenvalue weighted by Gasteiger charge is -2.32. The summed E-state index contributed by atoms with van der Waals surface area (Å²) in [6.07, 6.45) is 0.526. The predicted molar refractivity (Wildman–Crippen MR) is 149 cm³/mol. The van der Waals surface area contributed by atoms with Gasteiger partial charge in [0.15, 0.2) is 0 Å². The zero-order valence-corrected chi connectivity index (χ0v) is 22.6. The summed E-state index contributed by atoms with van der Waals surface area (Å²) in [5.41, 5.74) is 1.66. The number of hydrogen-bond acceptors (Lipinski definition) is 5. The van der Waals surface area contributed by atoms with Gasteiger partial charge in [-0.05, 0) is 67.1 Å². The largest absolute Gasteiger partial charge is 0.497 e. The van der Waals surface area contributed by atoms with E-state index in [-0.39, 0.29) is 11.6 Å². The fourth-order valence-corrected chi connectivity index (χ4v) is 4.48. The number of anilines is 1. The van der Waals surface area contributed by atoms with Crippen LogP contribution in [0.15, 0.2) is 82.1 Å². The van der Waals surface area contributed by atoms with Crippen molar-refractivity contribution >= 4 is 38.6 Å². The van der Waals surface area contributed by atoms with Crippen molar-refractivity contribution in [1.82, 2.24) is 14.5 Å². The van der Waals surface area contributed by atoms with Gasteiger partial charge in [0.1, 0.15) is 11.6 Å². The highest BCUT2D eigenvalue weighted by molar-refractivity contribution is 9.10. The molecule has 1 heterocycles. The topological polar surface area (TPSA) is 85.7 Å². The van der Waals surface area contributed by atoms with E-state index < -0.39 is 6.04 Å². The van der Waals surface area contributed by atoms with Crippen LogP contribution in [0.2, 0.25) is 0 Å². The third kappa shape index (κ3) is 5.84.